The molecule has 12 heavy (non-hydrogen) atoms. The second kappa shape index (κ2) is 4.67. The molecule has 0 radical (unpaired) electrons. The lowest BCUT2D eigenvalue weighted by Crippen LogP contribution is -2.49. The molecule has 0 aliphatic carbocycles. The molecule has 5 heteroatoms. The fraction of sp³-hybridized carbons (Fsp3) is 0.857. The number of aliphatic imine (C=N–C) groups is 1. The van der Waals surface area contributed by atoms with Crippen LogP contribution in [0.4, 0.5) is 0 Å². The second-order valence-corrected chi connectivity index (χ2v) is 2.87. The highest BCUT2D eigenvalue weighted by Crippen LogP contribution is 1.96. The highest BCUT2D eigenvalue weighted by molar-refractivity contribution is 8.93. The van der Waals surface area contributed by atoms with Crippen molar-refractivity contribution in [2.24, 2.45) is 4.99 Å². The monoisotopic (exact) mass is 234 g/mol. The Kier molecular flexibility index (Phi) is 3.81. The summed E-state index contributed by atoms with van der Waals surface area (Å²) >= 11 is 0. The molecule has 0 aromatic heterocycles. The van der Waals surface area contributed by atoms with Crippen molar-refractivity contribution in [3.05, 3.63) is 0 Å². The van der Waals surface area contributed by atoms with Crippen molar-refractivity contribution >= 4 is 22.9 Å². The molecule has 0 aromatic rings. The molecule has 2 aliphatic heterocycles. The SMILES string of the molecule is Br.C1CNC(N2CCNCC2)=N1. The van der Waals surface area contributed by atoms with Gasteiger partial charge in [0.1, 0.15) is 0 Å². The smallest absolute Gasteiger partial charge is 0.194 e. The minimum Gasteiger partial charge on any atom is -0.354 e. The largest absolute Gasteiger partial charge is 0.354 e. The molecule has 0 saturated carbocycles. The number of guanidine groups is 1. The van der Waals surface area contributed by atoms with Gasteiger partial charge in [-0.2, -0.15) is 0 Å². The van der Waals surface area contributed by atoms with Gasteiger partial charge in [0.15, 0.2) is 5.96 Å². The van der Waals surface area contributed by atoms with Gasteiger partial charge in [0, 0.05) is 32.7 Å². The van der Waals surface area contributed by atoms with Crippen molar-refractivity contribution in [3.63, 3.8) is 0 Å². The van der Waals surface area contributed by atoms with Crippen molar-refractivity contribution in [1.82, 2.24) is 15.5 Å². The van der Waals surface area contributed by atoms with Crippen molar-refractivity contribution in [3.8, 4) is 0 Å². The zero-order chi connectivity index (χ0) is 7.52. The number of hydrogen-bond donors (Lipinski definition) is 2. The maximum Gasteiger partial charge on any atom is 0.194 e. The summed E-state index contributed by atoms with van der Waals surface area (Å²) in [5, 5.41) is 6.59. The molecular weight excluding hydrogens is 220 g/mol. The maximum absolute atomic E-state index is 4.36. The first-order chi connectivity index (χ1) is 5.47. The third kappa shape index (κ3) is 2.10. The first-order valence-electron chi connectivity index (χ1n) is 4.21. The van der Waals surface area contributed by atoms with Crippen LogP contribution in [0.1, 0.15) is 0 Å². The quantitative estimate of drug-likeness (QED) is 0.590. The molecule has 2 N–H and O–H groups in total. The molecule has 1 saturated heterocycles. The Morgan fingerprint density at radius 2 is 1.92 bits per heavy atom. The van der Waals surface area contributed by atoms with Gasteiger partial charge >= 0.3 is 0 Å². The van der Waals surface area contributed by atoms with Crippen LogP contribution in [-0.2, 0) is 0 Å². The molecule has 70 valence electrons. The van der Waals surface area contributed by atoms with Crippen molar-refractivity contribution in [2.75, 3.05) is 39.3 Å². The van der Waals surface area contributed by atoms with E-state index in [1.807, 2.05) is 0 Å². The van der Waals surface area contributed by atoms with Gasteiger partial charge in [-0.05, 0) is 0 Å². The van der Waals surface area contributed by atoms with Crippen LogP contribution in [0.25, 0.3) is 0 Å². The molecule has 2 heterocycles. The molecule has 0 amide bonds. The van der Waals surface area contributed by atoms with Gasteiger partial charge in [-0.15, -0.1) is 17.0 Å². The molecule has 2 aliphatic rings. The van der Waals surface area contributed by atoms with Gasteiger partial charge in [0.2, 0.25) is 0 Å². The third-order valence-electron chi connectivity index (χ3n) is 2.07. The second-order valence-electron chi connectivity index (χ2n) is 2.87. The van der Waals surface area contributed by atoms with Crippen molar-refractivity contribution in [2.45, 2.75) is 0 Å². The summed E-state index contributed by atoms with van der Waals surface area (Å²) in [5.41, 5.74) is 0. The average Bonchev–Trinajstić information content (AvgIpc) is 2.58. The molecule has 0 atom stereocenters. The van der Waals surface area contributed by atoms with Gasteiger partial charge < -0.3 is 15.5 Å². The highest BCUT2D eigenvalue weighted by atomic mass is 79.9. The van der Waals surface area contributed by atoms with E-state index in [1.54, 1.807) is 0 Å². The Bertz CT molecular complexity index is 165. The number of nitrogens with zero attached hydrogens (tertiary/aromatic N) is 2. The van der Waals surface area contributed by atoms with E-state index < -0.39 is 0 Å². The van der Waals surface area contributed by atoms with Gasteiger partial charge in [-0.1, -0.05) is 0 Å². The number of halogens is 1. The van der Waals surface area contributed by atoms with E-state index in [0.29, 0.717) is 0 Å². The summed E-state index contributed by atoms with van der Waals surface area (Å²) in [7, 11) is 0. The molecule has 0 aromatic carbocycles. The number of rotatable bonds is 0. The standard InChI is InChI=1S/C7H14N4.BrH/c1-2-10-7(9-1)11-5-3-8-4-6-11;/h8H,1-6H2,(H,9,10);1H. The first kappa shape index (κ1) is 9.80. The molecule has 1 fully saturated rings. The normalized spacial score (nSPS) is 22.7. The number of hydrogen-bond acceptors (Lipinski definition) is 4. The lowest BCUT2D eigenvalue weighted by Gasteiger charge is -2.28. The number of nitrogens with one attached hydrogen (secondary N) is 2. The lowest BCUT2D eigenvalue weighted by atomic mass is 10.4. The Morgan fingerprint density at radius 3 is 2.50 bits per heavy atom. The molecule has 4 nitrogen and oxygen atoms in total. The van der Waals surface area contributed by atoms with Gasteiger partial charge in [0.25, 0.3) is 0 Å². The van der Waals surface area contributed by atoms with E-state index in [-0.39, 0.29) is 17.0 Å². The molecular formula is C7H15BrN4. The van der Waals surface area contributed by atoms with Crippen LogP contribution in [0.15, 0.2) is 4.99 Å². The highest BCUT2D eigenvalue weighted by Gasteiger charge is 2.15. The fourth-order valence-electron chi connectivity index (χ4n) is 1.47. The Hall–Kier alpha value is -0.290. The molecule has 2 rings (SSSR count). The van der Waals surface area contributed by atoms with Crippen LogP contribution in [0.2, 0.25) is 0 Å². The predicted molar refractivity (Wildman–Crippen MR) is 55.1 cm³/mol. The number of piperazine rings is 1. The van der Waals surface area contributed by atoms with Gasteiger partial charge in [0.05, 0.1) is 6.54 Å². The van der Waals surface area contributed by atoms with Crippen LogP contribution >= 0.6 is 17.0 Å². The zero-order valence-electron chi connectivity index (χ0n) is 7.05. The van der Waals surface area contributed by atoms with E-state index >= 15 is 0 Å². The maximum atomic E-state index is 4.36. The molecule has 0 bridgehead atoms. The third-order valence-corrected chi connectivity index (χ3v) is 2.07. The van der Waals surface area contributed by atoms with Crippen LogP contribution in [-0.4, -0.2) is 50.1 Å². The fourth-order valence-corrected chi connectivity index (χ4v) is 1.47. The van der Waals surface area contributed by atoms with E-state index in [0.717, 1.165) is 45.2 Å². The summed E-state index contributed by atoms with van der Waals surface area (Å²) in [5.74, 6) is 1.10. The van der Waals surface area contributed by atoms with Gasteiger partial charge in [-0.25, -0.2) is 0 Å². The minimum absolute atomic E-state index is 0. The van der Waals surface area contributed by atoms with Crippen molar-refractivity contribution < 1.29 is 0 Å². The van der Waals surface area contributed by atoms with Crippen LogP contribution in [0.5, 0.6) is 0 Å². The van der Waals surface area contributed by atoms with Crippen LogP contribution in [0.3, 0.4) is 0 Å². The van der Waals surface area contributed by atoms with Crippen LogP contribution in [0, 0.1) is 0 Å². The minimum atomic E-state index is 0. The lowest BCUT2D eigenvalue weighted by molar-refractivity contribution is 0.350. The summed E-state index contributed by atoms with van der Waals surface area (Å²) in [4.78, 5) is 6.67. The summed E-state index contributed by atoms with van der Waals surface area (Å²) in [6, 6.07) is 0. The summed E-state index contributed by atoms with van der Waals surface area (Å²) in [6.07, 6.45) is 0. The average molecular weight is 235 g/mol. The van der Waals surface area contributed by atoms with E-state index in [4.69, 9.17) is 0 Å². The van der Waals surface area contributed by atoms with Gasteiger partial charge in [-0.3, -0.25) is 4.99 Å². The van der Waals surface area contributed by atoms with E-state index in [1.165, 1.54) is 0 Å². The Morgan fingerprint density at radius 1 is 1.17 bits per heavy atom. The predicted octanol–water partition coefficient (Wildman–Crippen LogP) is -0.571. The van der Waals surface area contributed by atoms with Crippen molar-refractivity contribution in [1.29, 1.82) is 0 Å². The topological polar surface area (TPSA) is 39.7 Å². The van der Waals surface area contributed by atoms with E-state index in [9.17, 15) is 0 Å². The molecule has 0 unspecified atom stereocenters. The summed E-state index contributed by atoms with van der Waals surface area (Å²) in [6.45, 7) is 6.30. The molecule has 0 spiro atoms. The van der Waals surface area contributed by atoms with Crippen LogP contribution < -0.4 is 10.6 Å². The first-order valence-corrected chi connectivity index (χ1v) is 4.21. The van der Waals surface area contributed by atoms with E-state index in [2.05, 4.69) is 20.5 Å². The summed E-state index contributed by atoms with van der Waals surface area (Å²) < 4.78 is 0. The Labute approximate surface area is 83.2 Å². The zero-order valence-corrected chi connectivity index (χ0v) is 8.76. The Balaban J connectivity index is 0.000000720.